The van der Waals surface area contributed by atoms with E-state index in [1.807, 2.05) is 60.6 Å². The second kappa shape index (κ2) is 7.21. The summed E-state index contributed by atoms with van der Waals surface area (Å²) in [6.07, 6.45) is 6.69. The first-order chi connectivity index (χ1) is 14.5. The molecule has 0 amide bonds. The summed E-state index contributed by atoms with van der Waals surface area (Å²) >= 11 is 1.60. The van der Waals surface area contributed by atoms with E-state index in [0.717, 1.165) is 52.4 Å². The Balaban J connectivity index is 1.56. The third kappa shape index (κ3) is 3.13. The molecule has 5 heterocycles. The van der Waals surface area contributed by atoms with Crippen LogP contribution < -0.4 is 9.80 Å². The molecule has 0 atom stereocenters. The Morgan fingerprint density at radius 2 is 1.97 bits per heavy atom. The number of hydrogen-bond donors (Lipinski definition) is 0. The fourth-order valence-corrected chi connectivity index (χ4v) is 4.48. The number of nitrogens with zero attached hydrogens (tertiary/aromatic N) is 7. The van der Waals surface area contributed by atoms with E-state index in [4.69, 9.17) is 10.1 Å². The Morgan fingerprint density at radius 1 is 1.10 bits per heavy atom. The van der Waals surface area contributed by atoms with Gasteiger partial charge in [-0.3, -0.25) is 0 Å². The van der Waals surface area contributed by atoms with E-state index in [2.05, 4.69) is 33.9 Å². The van der Waals surface area contributed by atoms with Crippen molar-refractivity contribution < 1.29 is 0 Å². The largest absolute Gasteiger partial charge is 0.363 e. The quantitative estimate of drug-likeness (QED) is 0.497. The summed E-state index contributed by atoms with van der Waals surface area (Å²) in [6, 6.07) is 6.25. The lowest BCUT2D eigenvalue weighted by atomic mass is 10.1. The van der Waals surface area contributed by atoms with Crippen LogP contribution in [0.5, 0.6) is 0 Å². The molecular formula is C22H23N7S. The maximum Gasteiger partial charge on any atom is 0.143 e. The minimum atomic E-state index is 0.878. The molecular weight excluding hydrogens is 394 g/mol. The summed E-state index contributed by atoms with van der Waals surface area (Å²) < 4.78 is 1.95. The zero-order chi connectivity index (χ0) is 20.8. The number of pyridine rings is 2. The van der Waals surface area contributed by atoms with E-state index < -0.39 is 0 Å². The number of rotatable bonds is 4. The predicted octanol–water partition coefficient (Wildman–Crippen LogP) is 4.16. The maximum absolute atomic E-state index is 4.89. The SMILES string of the molecule is Cc1cc(-n2ccc(-c3nccs3)n2)c2c(n1)N(c1cnc(N(C)C)cc1C)CC2. The average Bonchev–Trinajstić information content (AvgIpc) is 3.47. The summed E-state index contributed by atoms with van der Waals surface area (Å²) in [5.74, 6) is 1.96. The summed E-state index contributed by atoms with van der Waals surface area (Å²) in [5.41, 5.74) is 6.45. The first kappa shape index (κ1) is 18.7. The smallest absolute Gasteiger partial charge is 0.143 e. The van der Waals surface area contributed by atoms with Gasteiger partial charge in [0.25, 0.3) is 0 Å². The van der Waals surface area contributed by atoms with Gasteiger partial charge in [-0.25, -0.2) is 19.6 Å². The molecule has 4 aromatic rings. The van der Waals surface area contributed by atoms with Crippen molar-refractivity contribution >= 4 is 28.7 Å². The zero-order valence-electron chi connectivity index (χ0n) is 17.5. The van der Waals surface area contributed by atoms with Gasteiger partial charge in [-0.15, -0.1) is 11.3 Å². The first-order valence-corrected chi connectivity index (χ1v) is 10.8. The molecule has 0 N–H and O–H groups in total. The highest BCUT2D eigenvalue weighted by Gasteiger charge is 2.27. The van der Waals surface area contributed by atoms with Crippen molar-refractivity contribution in [3.63, 3.8) is 0 Å². The van der Waals surface area contributed by atoms with Gasteiger partial charge < -0.3 is 9.80 Å². The summed E-state index contributed by atoms with van der Waals surface area (Å²) in [4.78, 5) is 18.2. The van der Waals surface area contributed by atoms with Gasteiger partial charge in [0, 0.05) is 49.7 Å². The molecule has 0 saturated heterocycles. The van der Waals surface area contributed by atoms with E-state index >= 15 is 0 Å². The van der Waals surface area contributed by atoms with Crippen molar-refractivity contribution in [1.82, 2.24) is 24.7 Å². The molecule has 7 nitrogen and oxygen atoms in total. The fourth-order valence-electron chi connectivity index (χ4n) is 3.88. The topological polar surface area (TPSA) is 63.0 Å². The van der Waals surface area contributed by atoms with Gasteiger partial charge in [-0.2, -0.15) is 5.10 Å². The van der Waals surface area contributed by atoms with Gasteiger partial charge in [0.15, 0.2) is 0 Å². The van der Waals surface area contributed by atoms with Crippen LogP contribution in [0.15, 0.2) is 42.2 Å². The Hall–Kier alpha value is -3.26. The minimum Gasteiger partial charge on any atom is -0.363 e. The number of fused-ring (bicyclic) bond motifs is 1. The summed E-state index contributed by atoms with van der Waals surface area (Å²) in [6.45, 7) is 5.04. The first-order valence-electron chi connectivity index (χ1n) is 9.89. The number of thiazole rings is 1. The Kier molecular flexibility index (Phi) is 4.51. The Labute approximate surface area is 179 Å². The van der Waals surface area contributed by atoms with Crippen LogP contribution in [0, 0.1) is 13.8 Å². The van der Waals surface area contributed by atoms with Crippen molar-refractivity contribution in [2.75, 3.05) is 30.4 Å². The van der Waals surface area contributed by atoms with Gasteiger partial charge in [0.2, 0.25) is 0 Å². The van der Waals surface area contributed by atoms with Gasteiger partial charge in [-0.05, 0) is 44.0 Å². The molecule has 0 unspecified atom stereocenters. The van der Waals surface area contributed by atoms with Gasteiger partial charge in [-0.1, -0.05) is 0 Å². The molecule has 0 bridgehead atoms. The van der Waals surface area contributed by atoms with E-state index in [-0.39, 0.29) is 0 Å². The lowest BCUT2D eigenvalue weighted by Gasteiger charge is -2.22. The zero-order valence-corrected chi connectivity index (χ0v) is 18.3. The molecule has 8 heteroatoms. The second-order valence-electron chi connectivity index (χ2n) is 7.69. The average molecular weight is 418 g/mol. The molecule has 4 aromatic heterocycles. The second-order valence-corrected chi connectivity index (χ2v) is 8.59. The van der Waals surface area contributed by atoms with Crippen molar-refractivity contribution in [3.8, 4) is 16.4 Å². The number of anilines is 3. The molecule has 0 radical (unpaired) electrons. The van der Waals surface area contributed by atoms with Crippen LogP contribution >= 0.6 is 11.3 Å². The highest BCUT2D eigenvalue weighted by molar-refractivity contribution is 7.13. The Morgan fingerprint density at radius 3 is 2.70 bits per heavy atom. The molecule has 0 fully saturated rings. The molecule has 0 saturated carbocycles. The molecule has 1 aliphatic heterocycles. The number of aromatic nitrogens is 5. The standard InChI is InChI=1S/C22H23N7S/c1-14-11-20(27(3)4)24-13-19(14)28-8-5-16-18(12-15(2)25-21(16)28)29-9-6-17(26-29)22-23-7-10-30-22/h6-7,9-13H,5,8H2,1-4H3. The molecule has 30 heavy (non-hydrogen) atoms. The summed E-state index contributed by atoms with van der Waals surface area (Å²) in [7, 11) is 4.02. The van der Waals surface area contributed by atoms with Crippen LogP contribution in [0.3, 0.4) is 0 Å². The number of aryl methyl sites for hydroxylation is 2. The molecule has 0 spiro atoms. The highest BCUT2D eigenvalue weighted by Crippen LogP contribution is 2.38. The molecule has 0 aromatic carbocycles. The van der Waals surface area contributed by atoms with Crippen LogP contribution in [0.2, 0.25) is 0 Å². The van der Waals surface area contributed by atoms with Crippen LogP contribution in [0.25, 0.3) is 16.4 Å². The van der Waals surface area contributed by atoms with Crippen molar-refractivity contribution in [3.05, 3.63) is 59.0 Å². The molecule has 5 rings (SSSR count). The predicted molar refractivity (Wildman–Crippen MR) is 121 cm³/mol. The van der Waals surface area contributed by atoms with Crippen LogP contribution in [-0.2, 0) is 6.42 Å². The molecule has 152 valence electrons. The van der Waals surface area contributed by atoms with E-state index in [1.54, 1.807) is 11.3 Å². The van der Waals surface area contributed by atoms with E-state index in [9.17, 15) is 0 Å². The molecule has 1 aliphatic rings. The van der Waals surface area contributed by atoms with Crippen molar-refractivity contribution in [2.24, 2.45) is 0 Å². The monoisotopic (exact) mass is 417 g/mol. The third-order valence-electron chi connectivity index (χ3n) is 5.35. The van der Waals surface area contributed by atoms with Crippen LogP contribution in [0.1, 0.15) is 16.8 Å². The summed E-state index contributed by atoms with van der Waals surface area (Å²) in [5, 5.41) is 7.69. The van der Waals surface area contributed by atoms with Crippen molar-refractivity contribution in [1.29, 1.82) is 0 Å². The van der Waals surface area contributed by atoms with E-state index in [1.165, 1.54) is 11.1 Å². The van der Waals surface area contributed by atoms with E-state index in [0.29, 0.717) is 0 Å². The fraction of sp³-hybridized carbons (Fsp3) is 0.273. The Bertz CT molecular complexity index is 1210. The number of hydrogen-bond acceptors (Lipinski definition) is 7. The lowest BCUT2D eigenvalue weighted by Crippen LogP contribution is -2.17. The third-order valence-corrected chi connectivity index (χ3v) is 6.15. The van der Waals surface area contributed by atoms with Crippen molar-refractivity contribution in [2.45, 2.75) is 20.3 Å². The maximum atomic E-state index is 4.89. The van der Waals surface area contributed by atoms with Gasteiger partial charge >= 0.3 is 0 Å². The minimum absolute atomic E-state index is 0.878. The molecule has 0 aliphatic carbocycles. The van der Waals surface area contributed by atoms with Gasteiger partial charge in [0.05, 0.1) is 17.6 Å². The highest BCUT2D eigenvalue weighted by atomic mass is 32.1. The van der Waals surface area contributed by atoms with Gasteiger partial charge in [0.1, 0.15) is 22.3 Å². The van der Waals surface area contributed by atoms with Crippen LogP contribution in [-0.4, -0.2) is 45.4 Å². The lowest BCUT2D eigenvalue weighted by molar-refractivity contribution is 0.864. The normalized spacial score (nSPS) is 13.0. The van der Waals surface area contributed by atoms with Crippen LogP contribution in [0.4, 0.5) is 17.3 Å².